The van der Waals surface area contributed by atoms with E-state index in [0.29, 0.717) is 5.06 Å². The second-order valence-corrected chi connectivity index (χ2v) is 6.43. The minimum Gasteiger partial charge on any atom is -0.324 e. The second-order valence-electron chi connectivity index (χ2n) is 6.43. The van der Waals surface area contributed by atoms with E-state index in [-0.39, 0.29) is 28.1 Å². The number of nitrogens with zero attached hydrogens (tertiary/aromatic N) is 3. The molecule has 1 aromatic heterocycles. The lowest BCUT2D eigenvalue weighted by molar-refractivity contribution is -0.137. The van der Waals surface area contributed by atoms with Crippen molar-refractivity contribution in [3.8, 4) is 5.69 Å². The van der Waals surface area contributed by atoms with Crippen molar-refractivity contribution < 1.29 is 32.4 Å². The molecule has 2 amide bonds. The van der Waals surface area contributed by atoms with Gasteiger partial charge in [-0.2, -0.15) is 18.3 Å². The van der Waals surface area contributed by atoms with Crippen LogP contribution in [0.5, 0.6) is 0 Å². The molecule has 2 heterocycles. The lowest BCUT2D eigenvalue weighted by Crippen LogP contribution is -2.32. The molecule has 0 N–H and O–H groups in total. The maximum absolute atomic E-state index is 13.0. The van der Waals surface area contributed by atoms with Gasteiger partial charge in [0, 0.05) is 0 Å². The van der Waals surface area contributed by atoms with E-state index in [2.05, 4.69) is 5.10 Å². The minimum absolute atomic E-state index is 0.0853. The number of hydrogen-bond donors (Lipinski definition) is 0. The van der Waals surface area contributed by atoms with Crippen LogP contribution in [0.25, 0.3) is 5.69 Å². The fraction of sp³-hybridized carbons (Fsp3) is 0.100. The Hall–Kier alpha value is -3.95. The Labute approximate surface area is 167 Å². The van der Waals surface area contributed by atoms with Crippen LogP contribution in [-0.4, -0.2) is 32.6 Å². The van der Waals surface area contributed by atoms with Gasteiger partial charge < -0.3 is 4.84 Å². The topological polar surface area (TPSA) is 81.5 Å². The van der Waals surface area contributed by atoms with Gasteiger partial charge in [-0.15, -0.1) is 0 Å². The fourth-order valence-corrected chi connectivity index (χ4v) is 3.07. The number of hydrogen-bond acceptors (Lipinski definition) is 5. The summed E-state index contributed by atoms with van der Waals surface area (Å²) >= 11 is 0. The molecule has 0 spiro atoms. The summed E-state index contributed by atoms with van der Waals surface area (Å²) in [7, 11) is 0. The molecule has 4 rings (SSSR count). The number of imide groups is 1. The van der Waals surface area contributed by atoms with Crippen LogP contribution in [0.3, 0.4) is 0 Å². The van der Waals surface area contributed by atoms with Gasteiger partial charge in [-0.05, 0) is 37.3 Å². The number of halogens is 3. The Morgan fingerprint density at radius 3 is 2.23 bits per heavy atom. The highest BCUT2D eigenvalue weighted by Crippen LogP contribution is 2.31. The zero-order valence-electron chi connectivity index (χ0n) is 15.3. The number of carbonyl (C=O) groups excluding carboxylic acids is 3. The molecule has 0 aliphatic carbocycles. The Morgan fingerprint density at radius 1 is 1.00 bits per heavy atom. The number of benzene rings is 2. The van der Waals surface area contributed by atoms with Crippen LogP contribution in [0, 0.1) is 6.92 Å². The molecule has 0 radical (unpaired) electrons. The molecule has 0 bridgehead atoms. The molecule has 1 aliphatic rings. The number of amides is 2. The molecule has 0 unspecified atom stereocenters. The smallest absolute Gasteiger partial charge is 0.324 e. The quantitative estimate of drug-likeness (QED) is 0.611. The summed E-state index contributed by atoms with van der Waals surface area (Å²) in [6, 6.07) is 10.4. The zero-order chi connectivity index (χ0) is 21.6. The lowest BCUT2D eigenvalue weighted by atomic mass is 10.1. The van der Waals surface area contributed by atoms with E-state index in [1.165, 1.54) is 31.2 Å². The van der Waals surface area contributed by atoms with E-state index < -0.39 is 29.5 Å². The highest BCUT2D eigenvalue weighted by Gasteiger charge is 2.39. The minimum atomic E-state index is -4.54. The summed E-state index contributed by atoms with van der Waals surface area (Å²) < 4.78 is 40.0. The number of hydroxylamine groups is 2. The van der Waals surface area contributed by atoms with Gasteiger partial charge in [-0.25, -0.2) is 9.48 Å². The van der Waals surface area contributed by atoms with Gasteiger partial charge in [-0.1, -0.05) is 23.3 Å². The van der Waals surface area contributed by atoms with Gasteiger partial charge in [-0.3, -0.25) is 9.59 Å². The van der Waals surface area contributed by atoms with Crippen molar-refractivity contribution in [1.82, 2.24) is 14.8 Å². The Morgan fingerprint density at radius 2 is 1.63 bits per heavy atom. The molecule has 0 saturated heterocycles. The van der Waals surface area contributed by atoms with E-state index >= 15 is 0 Å². The predicted octanol–water partition coefficient (Wildman–Crippen LogP) is 3.57. The first-order chi connectivity index (χ1) is 14.2. The highest BCUT2D eigenvalue weighted by atomic mass is 19.4. The Kier molecular flexibility index (Phi) is 4.41. The maximum atomic E-state index is 13.0. The Bertz CT molecular complexity index is 1170. The fourth-order valence-electron chi connectivity index (χ4n) is 3.07. The summed E-state index contributed by atoms with van der Waals surface area (Å²) in [4.78, 5) is 42.1. The van der Waals surface area contributed by atoms with Crippen LogP contribution in [-0.2, 0) is 11.0 Å². The first-order valence-electron chi connectivity index (χ1n) is 8.61. The van der Waals surface area contributed by atoms with Crippen LogP contribution < -0.4 is 0 Å². The lowest BCUT2D eigenvalue weighted by Gasteiger charge is -2.13. The normalized spacial score (nSPS) is 13.5. The molecule has 0 saturated carbocycles. The van der Waals surface area contributed by atoms with Crippen LogP contribution in [0.2, 0.25) is 0 Å². The average molecular weight is 415 g/mol. The van der Waals surface area contributed by atoms with Gasteiger partial charge >= 0.3 is 12.1 Å². The maximum Gasteiger partial charge on any atom is 0.416 e. The first-order valence-corrected chi connectivity index (χ1v) is 8.61. The van der Waals surface area contributed by atoms with Gasteiger partial charge in [0.05, 0.1) is 34.3 Å². The number of alkyl halides is 3. The van der Waals surface area contributed by atoms with Gasteiger partial charge in [0.1, 0.15) is 5.56 Å². The van der Waals surface area contributed by atoms with E-state index in [9.17, 15) is 27.6 Å². The Balaban J connectivity index is 1.60. The summed E-state index contributed by atoms with van der Waals surface area (Å²) in [5.74, 6) is -2.61. The summed E-state index contributed by atoms with van der Waals surface area (Å²) in [5.41, 5.74) is -0.509. The van der Waals surface area contributed by atoms with Crippen molar-refractivity contribution in [2.75, 3.05) is 0 Å². The summed E-state index contributed by atoms with van der Waals surface area (Å²) in [5, 5.41) is 4.30. The van der Waals surface area contributed by atoms with Crippen molar-refractivity contribution in [1.29, 1.82) is 0 Å². The van der Waals surface area contributed by atoms with Crippen molar-refractivity contribution in [3.05, 3.63) is 82.7 Å². The third-order valence-electron chi connectivity index (χ3n) is 4.58. The molecular formula is C20H12F3N3O4. The van der Waals surface area contributed by atoms with E-state index in [1.54, 1.807) is 12.1 Å². The third kappa shape index (κ3) is 3.11. The second kappa shape index (κ2) is 6.83. The number of fused-ring (bicyclic) bond motifs is 1. The number of carbonyl (C=O) groups is 3. The van der Waals surface area contributed by atoms with E-state index in [4.69, 9.17) is 4.84 Å². The molecule has 152 valence electrons. The SMILES string of the molecule is Cc1c(C(=O)ON2C(=O)c3ccccc3C2=O)cnn1-c1cccc(C(F)(F)F)c1. The molecule has 10 heteroatoms. The standard InChI is InChI=1S/C20H12F3N3O4/c1-11-16(10-24-25(11)13-6-4-5-12(9-13)20(21,22)23)19(29)30-26-17(27)14-7-2-3-8-15(14)18(26)28/h2-10H,1H3. The highest BCUT2D eigenvalue weighted by molar-refractivity contribution is 6.21. The number of aromatic nitrogens is 2. The summed E-state index contributed by atoms with van der Waals surface area (Å²) in [6.45, 7) is 1.45. The number of rotatable bonds is 3. The van der Waals surface area contributed by atoms with Gasteiger partial charge in [0.2, 0.25) is 0 Å². The van der Waals surface area contributed by atoms with Crippen LogP contribution in [0.15, 0.2) is 54.7 Å². The van der Waals surface area contributed by atoms with Crippen molar-refractivity contribution in [3.63, 3.8) is 0 Å². The molecule has 2 aromatic carbocycles. The predicted molar refractivity (Wildman–Crippen MR) is 95.7 cm³/mol. The zero-order valence-corrected chi connectivity index (χ0v) is 15.3. The van der Waals surface area contributed by atoms with Gasteiger partial charge in [0.15, 0.2) is 0 Å². The third-order valence-corrected chi connectivity index (χ3v) is 4.58. The molecule has 3 aromatic rings. The van der Waals surface area contributed by atoms with Crippen molar-refractivity contribution in [2.45, 2.75) is 13.1 Å². The molecule has 7 nitrogen and oxygen atoms in total. The van der Waals surface area contributed by atoms with Crippen LogP contribution in [0.4, 0.5) is 13.2 Å². The van der Waals surface area contributed by atoms with E-state index in [0.717, 1.165) is 23.0 Å². The largest absolute Gasteiger partial charge is 0.416 e. The molecule has 0 atom stereocenters. The van der Waals surface area contributed by atoms with Gasteiger partial charge in [0.25, 0.3) is 11.8 Å². The summed E-state index contributed by atoms with van der Waals surface area (Å²) in [6.07, 6.45) is -3.44. The first kappa shape index (κ1) is 19.4. The molecular weight excluding hydrogens is 403 g/mol. The monoisotopic (exact) mass is 415 g/mol. The molecule has 30 heavy (non-hydrogen) atoms. The van der Waals surface area contributed by atoms with Crippen molar-refractivity contribution in [2.24, 2.45) is 0 Å². The van der Waals surface area contributed by atoms with Crippen LogP contribution >= 0.6 is 0 Å². The van der Waals surface area contributed by atoms with Crippen LogP contribution in [0.1, 0.15) is 42.3 Å². The van der Waals surface area contributed by atoms with E-state index in [1.807, 2.05) is 0 Å². The average Bonchev–Trinajstić information content (AvgIpc) is 3.21. The molecule has 1 aliphatic heterocycles. The van der Waals surface area contributed by atoms with Crippen molar-refractivity contribution >= 4 is 17.8 Å². The molecule has 0 fully saturated rings.